The van der Waals surface area contributed by atoms with Crippen LogP contribution in [-0.4, -0.2) is 42.2 Å². The number of thioether (sulfide) groups is 1. The normalized spacial score (nSPS) is 18.1. The highest BCUT2D eigenvalue weighted by atomic mass is 32.2. The Bertz CT molecular complexity index is 1080. The van der Waals surface area contributed by atoms with Crippen LogP contribution in [-0.2, 0) is 10.0 Å². The Hall–Kier alpha value is -2.16. The molecule has 2 aromatic carbocycles. The number of aromatic nitrogens is 2. The highest BCUT2D eigenvalue weighted by Gasteiger charge is 2.33. The molecule has 0 aliphatic carbocycles. The molecule has 1 unspecified atom stereocenters. The molecular weight excluding hydrogens is 406 g/mol. The van der Waals surface area contributed by atoms with Gasteiger partial charge >= 0.3 is 0 Å². The number of rotatable bonds is 5. The standard InChI is InChI=1S/C21H23N3O3S2/c1-15-5-11-19(12-6-15)29(25,26)24-13-3-4-17(14-24)21-22-20(23-27-21)16-7-9-18(28-2)10-8-16/h5-12,17H,3-4,13-14H2,1-2H3. The van der Waals surface area contributed by atoms with Crippen LogP contribution in [0.5, 0.6) is 0 Å². The predicted molar refractivity (Wildman–Crippen MR) is 113 cm³/mol. The lowest BCUT2D eigenvalue weighted by molar-refractivity contribution is 0.265. The van der Waals surface area contributed by atoms with E-state index in [2.05, 4.69) is 10.1 Å². The van der Waals surface area contributed by atoms with Crippen molar-refractivity contribution in [2.24, 2.45) is 0 Å². The summed E-state index contributed by atoms with van der Waals surface area (Å²) in [7, 11) is -3.53. The van der Waals surface area contributed by atoms with Gasteiger partial charge in [-0.2, -0.15) is 9.29 Å². The van der Waals surface area contributed by atoms with E-state index in [1.165, 1.54) is 9.20 Å². The molecule has 3 aromatic rings. The van der Waals surface area contributed by atoms with E-state index in [1.807, 2.05) is 49.6 Å². The third-order valence-corrected chi connectivity index (χ3v) is 7.81. The average molecular weight is 430 g/mol. The first-order valence-corrected chi connectivity index (χ1v) is 12.2. The van der Waals surface area contributed by atoms with Crippen molar-refractivity contribution in [3.8, 4) is 11.4 Å². The van der Waals surface area contributed by atoms with E-state index in [-0.39, 0.29) is 5.92 Å². The summed E-state index contributed by atoms with van der Waals surface area (Å²) in [4.78, 5) is 6.05. The van der Waals surface area contributed by atoms with E-state index in [0.29, 0.717) is 29.7 Å². The van der Waals surface area contributed by atoms with Crippen molar-refractivity contribution in [3.63, 3.8) is 0 Å². The summed E-state index contributed by atoms with van der Waals surface area (Å²) in [5, 5.41) is 4.11. The Kier molecular flexibility index (Phi) is 5.76. The van der Waals surface area contributed by atoms with Crippen molar-refractivity contribution in [1.82, 2.24) is 14.4 Å². The highest BCUT2D eigenvalue weighted by Crippen LogP contribution is 2.31. The summed E-state index contributed by atoms with van der Waals surface area (Å²) >= 11 is 1.68. The summed E-state index contributed by atoms with van der Waals surface area (Å²) < 4.78 is 33.1. The maximum Gasteiger partial charge on any atom is 0.243 e. The van der Waals surface area contributed by atoms with Crippen molar-refractivity contribution in [3.05, 3.63) is 60.0 Å². The smallest absolute Gasteiger partial charge is 0.243 e. The van der Waals surface area contributed by atoms with Crippen molar-refractivity contribution in [2.45, 2.75) is 35.5 Å². The maximum absolute atomic E-state index is 13.0. The molecule has 1 saturated heterocycles. The first-order chi connectivity index (χ1) is 14.0. The Balaban J connectivity index is 1.52. The van der Waals surface area contributed by atoms with Crippen LogP contribution in [0, 0.1) is 6.92 Å². The minimum Gasteiger partial charge on any atom is -0.339 e. The van der Waals surface area contributed by atoms with Gasteiger partial charge in [0.15, 0.2) is 0 Å². The van der Waals surface area contributed by atoms with Gasteiger partial charge in [-0.25, -0.2) is 8.42 Å². The van der Waals surface area contributed by atoms with Gasteiger partial charge < -0.3 is 4.52 Å². The van der Waals surface area contributed by atoms with Gasteiger partial charge in [0.2, 0.25) is 21.7 Å². The van der Waals surface area contributed by atoms with Crippen molar-refractivity contribution in [2.75, 3.05) is 19.3 Å². The lowest BCUT2D eigenvalue weighted by Gasteiger charge is -2.30. The van der Waals surface area contributed by atoms with E-state index in [4.69, 9.17) is 4.52 Å². The molecule has 0 N–H and O–H groups in total. The lowest BCUT2D eigenvalue weighted by Crippen LogP contribution is -2.39. The van der Waals surface area contributed by atoms with Gasteiger partial charge in [0.1, 0.15) is 0 Å². The number of hydrogen-bond donors (Lipinski definition) is 0. The molecule has 8 heteroatoms. The van der Waals surface area contributed by atoms with Gasteiger partial charge in [0.05, 0.1) is 10.8 Å². The first kappa shape index (κ1) is 20.1. The van der Waals surface area contributed by atoms with Crippen LogP contribution in [0.4, 0.5) is 0 Å². The van der Waals surface area contributed by atoms with Gasteiger partial charge in [0, 0.05) is 23.5 Å². The predicted octanol–water partition coefficient (Wildman–Crippen LogP) is 4.34. The van der Waals surface area contributed by atoms with Crippen LogP contribution in [0.1, 0.15) is 30.2 Å². The van der Waals surface area contributed by atoms with Crippen LogP contribution in [0.25, 0.3) is 11.4 Å². The van der Waals surface area contributed by atoms with E-state index in [1.54, 1.807) is 23.9 Å². The molecule has 6 nitrogen and oxygen atoms in total. The van der Waals surface area contributed by atoms with Gasteiger partial charge in [-0.3, -0.25) is 0 Å². The fourth-order valence-electron chi connectivity index (χ4n) is 3.48. The molecule has 1 atom stereocenters. The van der Waals surface area contributed by atoms with Gasteiger partial charge in [0.25, 0.3) is 0 Å². The van der Waals surface area contributed by atoms with Crippen LogP contribution in [0.15, 0.2) is 62.8 Å². The Labute approximate surface area is 175 Å². The number of piperidine rings is 1. The Morgan fingerprint density at radius 3 is 2.52 bits per heavy atom. The Morgan fingerprint density at radius 2 is 1.83 bits per heavy atom. The third-order valence-electron chi connectivity index (χ3n) is 5.18. The average Bonchev–Trinajstić information content (AvgIpc) is 3.24. The summed E-state index contributed by atoms with van der Waals surface area (Å²) in [6.45, 7) is 2.79. The van der Waals surface area contributed by atoms with E-state index < -0.39 is 10.0 Å². The van der Waals surface area contributed by atoms with Crippen LogP contribution >= 0.6 is 11.8 Å². The van der Waals surface area contributed by atoms with Crippen molar-refractivity contribution >= 4 is 21.8 Å². The fourth-order valence-corrected chi connectivity index (χ4v) is 5.41. The minimum atomic E-state index is -3.53. The van der Waals surface area contributed by atoms with Gasteiger partial charge in [-0.05, 0) is 62.4 Å². The number of aryl methyl sites for hydroxylation is 1. The zero-order valence-corrected chi connectivity index (χ0v) is 18.0. The Morgan fingerprint density at radius 1 is 1.10 bits per heavy atom. The van der Waals surface area contributed by atoms with E-state index >= 15 is 0 Å². The van der Waals surface area contributed by atoms with E-state index in [0.717, 1.165) is 24.0 Å². The highest BCUT2D eigenvalue weighted by molar-refractivity contribution is 7.98. The van der Waals surface area contributed by atoms with E-state index in [9.17, 15) is 8.42 Å². The molecule has 2 heterocycles. The monoisotopic (exact) mass is 429 g/mol. The van der Waals surface area contributed by atoms with Crippen molar-refractivity contribution in [1.29, 1.82) is 0 Å². The second kappa shape index (κ2) is 8.30. The summed E-state index contributed by atoms with van der Waals surface area (Å²) in [5.74, 6) is 0.930. The van der Waals surface area contributed by atoms with Crippen LogP contribution in [0.2, 0.25) is 0 Å². The third kappa shape index (κ3) is 4.24. The molecule has 1 aromatic heterocycles. The first-order valence-electron chi connectivity index (χ1n) is 9.52. The molecule has 29 heavy (non-hydrogen) atoms. The summed E-state index contributed by atoms with van der Waals surface area (Å²) in [5.41, 5.74) is 1.92. The largest absolute Gasteiger partial charge is 0.339 e. The molecule has 152 valence electrons. The molecule has 0 radical (unpaired) electrons. The zero-order valence-electron chi connectivity index (χ0n) is 16.4. The SMILES string of the molecule is CSc1ccc(-c2noc(C3CCCN(S(=O)(=O)c4ccc(C)cc4)C3)n2)cc1. The molecule has 0 amide bonds. The molecular formula is C21H23N3O3S2. The van der Waals surface area contributed by atoms with Gasteiger partial charge in [-0.15, -0.1) is 11.8 Å². The molecule has 0 bridgehead atoms. The fraction of sp³-hybridized carbons (Fsp3) is 0.333. The molecule has 0 spiro atoms. The van der Waals surface area contributed by atoms with Crippen molar-refractivity contribution < 1.29 is 12.9 Å². The summed E-state index contributed by atoms with van der Waals surface area (Å²) in [6, 6.07) is 14.9. The number of hydrogen-bond acceptors (Lipinski definition) is 6. The maximum atomic E-state index is 13.0. The number of sulfonamides is 1. The lowest BCUT2D eigenvalue weighted by atomic mass is 10.00. The summed E-state index contributed by atoms with van der Waals surface area (Å²) in [6.07, 6.45) is 3.61. The second-order valence-corrected chi connectivity index (χ2v) is 10.0. The molecule has 4 rings (SSSR count). The number of benzene rings is 2. The van der Waals surface area contributed by atoms with Gasteiger partial charge in [-0.1, -0.05) is 22.9 Å². The molecule has 0 saturated carbocycles. The topological polar surface area (TPSA) is 76.3 Å². The number of nitrogens with zero attached hydrogens (tertiary/aromatic N) is 3. The second-order valence-electron chi connectivity index (χ2n) is 7.20. The molecule has 1 aliphatic heterocycles. The van der Waals surface area contributed by atoms with Crippen LogP contribution in [0.3, 0.4) is 0 Å². The zero-order chi connectivity index (χ0) is 20.4. The quantitative estimate of drug-likeness (QED) is 0.562. The van der Waals surface area contributed by atoms with Crippen LogP contribution < -0.4 is 0 Å². The molecule has 1 fully saturated rings. The minimum absolute atomic E-state index is 0.101. The molecule has 1 aliphatic rings.